The number of nitrogens with zero attached hydrogens (tertiary/aromatic N) is 1. The topological polar surface area (TPSA) is 111 Å². The van der Waals surface area contributed by atoms with Crippen LogP contribution in [0.4, 0.5) is 4.79 Å². The van der Waals surface area contributed by atoms with Gasteiger partial charge in [-0.25, -0.2) is 4.79 Å². The zero-order valence-electron chi connectivity index (χ0n) is 13.4. The van der Waals surface area contributed by atoms with Crippen LogP contribution in [0, 0.1) is 0 Å². The van der Waals surface area contributed by atoms with Gasteiger partial charge in [0.05, 0.1) is 13.2 Å². The summed E-state index contributed by atoms with van der Waals surface area (Å²) in [6.45, 7) is 7.26. The predicted octanol–water partition coefficient (Wildman–Crippen LogP) is 0.00400. The molecule has 0 aromatic carbocycles. The second-order valence-electron chi connectivity index (χ2n) is 6.13. The Balaban J connectivity index is 2.45. The van der Waals surface area contributed by atoms with Gasteiger partial charge in [-0.1, -0.05) is 0 Å². The van der Waals surface area contributed by atoms with E-state index in [0.717, 1.165) is 0 Å². The lowest BCUT2D eigenvalue weighted by atomic mass is 10.1. The molecule has 0 radical (unpaired) electrons. The molecule has 8 heteroatoms. The average molecular weight is 315 g/mol. The van der Waals surface area contributed by atoms with Crippen LogP contribution in [0.2, 0.25) is 0 Å². The maximum Gasteiger partial charge on any atom is 0.408 e. The van der Waals surface area contributed by atoms with E-state index in [2.05, 4.69) is 5.32 Å². The molecule has 1 rings (SSSR count). The van der Waals surface area contributed by atoms with Crippen LogP contribution in [-0.2, 0) is 19.1 Å². The molecule has 0 unspecified atom stereocenters. The van der Waals surface area contributed by atoms with Crippen molar-refractivity contribution >= 4 is 17.9 Å². The van der Waals surface area contributed by atoms with E-state index >= 15 is 0 Å². The molecule has 1 heterocycles. The van der Waals surface area contributed by atoms with Gasteiger partial charge < -0.3 is 25.4 Å². The summed E-state index contributed by atoms with van der Waals surface area (Å²) in [6, 6.07) is -0.931. The normalized spacial score (nSPS) is 16.8. The maximum absolute atomic E-state index is 12.0. The van der Waals surface area contributed by atoms with Gasteiger partial charge in [0.25, 0.3) is 0 Å². The SMILES string of the molecule is CC(C)(C)OC(=O)N[C@@H](CCC(=O)N1CCOCC1)C(N)=O. The van der Waals surface area contributed by atoms with Gasteiger partial charge in [-0.3, -0.25) is 9.59 Å². The number of morpholine rings is 1. The second kappa shape index (κ2) is 7.98. The van der Waals surface area contributed by atoms with Crippen LogP contribution >= 0.6 is 0 Å². The van der Waals surface area contributed by atoms with Gasteiger partial charge in [0.2, 0.25) is 11.8 Å². The van der Waals surface area contributed by atoms with E-state index in [1.807, 2.05) is 0 Å². The fraction of sp³-hybridized carbons (Fsp3) is 0.786. The van der Waals surface area contributed by atoms with Crippen LogP contribution in [0.5, 0.6) is 0 Å². The molecule has 1 atom stereocenters. The molecule has 1 saturated heterocycles. The second-order valence-corrected chi connectivity index (χ2v) is 6.13. The van der Waals surface area contributed by atoms with Gasteiger partial charge in [-0.05, 0) is 27.2 Å². The monoisotopic (exact) mass is 315 g/mol. The van der Waals surface area contributed by atoms with Crippen molar-refractivity contribution in [3.05, 3.63) is 0 Å². The molecule has 0 aromatic heterocycles. The Morgan fingerprint density at radius 1 is 1.27 bits per heavy atom. The van der Waals surface area contributed by atoms with E-state index in [1.165, 1.54) is 0 Å². The molecule has 0 aliphatic carbocycles. The highest BCUT2D eigenvalue weighted by Gasteiger charge is 2.24. The first-order chi connectivity index (χ1) is 10.2. The van der Waals surface area contributed by atoms with Crippen LogP contribution in [0.25, 0.3) is 0 Å². The minimum absolute atomic E-state index is 0.0828. The number of ether oxygens (including phenoxy) is 2. The van der Waals surface area contributed by atoms with E-state index in [9.17, 15) is 14.4 Å². The highest BCUT2D eigenvalue weighted by atomic mass is 16.6. The summed E-state index contributed by atoms with van der Waals surface area (Å²) in [5.41, 5.74) is 4.59. The number of carbonyl (C=O) groups is 3. The van der Waals surface area contributed by atoms with Gasteiger partial charge in [-0.15, -0.1) is 0 Å². The van der Waals surface area contributed by atoms with Crippen LogP contribution in [0.1, 0.15) is 33.6 Å². The van der Waals surface area contributed by atoms with Gasteiger partial charge in [0.1, 0.15) is 11.6 Å². The Hall–Kier alpha value is -1.83. The molecule has 0 bridgehead atoms. The number of rotatable bonds is 5. The molecule has 3 amide bonds. The summed E-state index contributed by atoms with van der Waals surface area (Å²) in [7, 11) is 0. The zero-order chi connectivity index (χ0) is 16.8. The van der Waals surface area contributed by atoms with Crippen LogP contribution in [0.15, 0.2) is 0 Å². The molecular weight excluding hydrogens is 290 g/mol. The highest BCUT2D eigenvalue weighted by molar-refractivity contribution is 5.85. The van der Waals surface area contributed by atoms with E-state index in [1.54, 1.807) is 25.7 Å². The largest absolute Gasteiger partial charge is 0.444 e. The third-order valence-electron chi connectivity index (χ3n) is 3.05. The van der Waals surface area contributed by atoms with Crippen molar-refractivity contribution in [2.75, 3.05) is 26.3 Å². The molecule has 8 nitrogen and oxygen atoms in total. The molecule has 22 heavy (non-hydrogen) atoms. The molecule has 0 spiro atoms. The number of nitrogens with two attached hydrogens (primary N) is 1. The minimum Gasteiger partial charge on any atom is -0.444 e. The van der Waals surface area contributed by atoms with Gasteiger partial charge in [-0.2, -0.15) is 0 Å². The summed E-state index contributed by atoms with van der Waals surface area (Å²) < 4.78 is 10.2. The third-order valence-corrected chi connectivity index (χ3v) is 3.05. The molecule has 3 N–H and O–H groups in total. The Morgan fingerprint density at radius 3 is 2.36 bits per heavy atom. The van der Waals surface area contributed by atoms with E-state index in [0.29, 0.717) is 26.3 Å². The summed E-state index contributed by atoms with van der Waals surface area (Å²) in [4.78, 5) is 36.8. The molecular formula is C14H25N3O5. The number of alkyl carbamates (subject to hydrolysis) is 1. The summed E-state index contributed by atoms with van der Waals surface area (Å²) in [6.07, 6.45) is -0.455. The Labute approximate surface area is 130 Å². The predicted molar refractivity (Wildman–Crippen MR) is 79.0 cm³/mol. The lowest BCUT2D eigenvalue weighted by Gasteiger charge is -2.27. The Morgan fingerprint density at radius 2 is 1.86 bits per heavy atom. The first-order valence-electron chi connectivity index (χ1n) is 7.33. The third kappa shape index (κ3) is 6.75. The van der Waals surface area contributed by atoms with Crippen molar-refractivity contribution in [1.29, 1.82) is 0 Å². The number of nitrogens with one attached hydrogen (secondary N) is 1. The molecule has 126 valence electrons. The summed E-state index contributed by atoms with van der Waals surface area (Å²) >= 11 is 0. The summed E-state index contributed by atoms with van der Waals surface area (Å²) in [5, 5.41) is 2.40. The first-order valence-corrected chi connectivity index (χ1v) is 7.33. The van der Waals surface area contributed by atoms with Crippen LogP contribution in [-0.4, -0.2) is 60.8 Å². The molecule has 0 saturated carbocycles. The fourth-order valence-corrected chi connectivity index (χ4v) is 1.97. The quantitative estimate of drug-likeness (QED) is 0.742. The summed E-state index contributed by atoms with van der Waals surface area (Å²) in [5.74, 6) is -0.777. The van der Waals surface area contributed by atoms with E-state index < -0.39 is 23.6 Å². The Kier molecular flexibility index (Phi) is 6.61. The lowest BCUT2D eigenvalue weighted by molar-refractivity contribution is -0.135. The van der Waals surface area contributed by atoms with Crippen LogP contribution < -0.4 is 11.1 Å². The Bertz CT molecular complexity index is 413. The highest BCUT2D eigenvalue weighted by Crippen LogP contribution is 2.09. The van der Waals surface area contributed by atoms with Crippen molar-refractivity contribution in [2.45, 2.75) is 45.3 Å². The van der Waals surface area contributed by atoms with Crippen LogP contribution in [0.3, 0.4) is 0 Å². The van der Waals surface area contributed by atoms with E-state index in [4.69, 9.17) is 15.2 Å². The smallest absolute Gasteiger partial charge is 0.408 e. The average Bonchev–Trinajstić information content (AvgIpc) is 2.41. The molecule has 1 aliphatic heterocycles. The van der Waals surface area contributed by atoms with Crippen molar-refractivity contribution in [2.24, 2.45) is 5.73 Å². The standard InChI is InChI=1S/C14H25N3O5/c1-14(2,3)22-13(20)16-10(12(15)19)4-5-11(18)17-6-8-21-9-7-17/h10H,4-9H2,1-3H3,(H2,15,19)(H,16,20)/t10-/m0/s1. The van der Waals surface area contributed by atoms with Gasteiger partial charge in [0.15, 0.2) is 0 Å². The van der Waals surface area contributed by atoms with Crippen molar-refractivity contribution in [3.8, 4) is 0 Å². The maximum atomic E-state index is 12.0. The van der Waals surface area contributed by atoms with E-state index in [-0.39, 0.29) is 18.7 Å². The van der Waals surface area contributed by atoms with Gasteiger partial charge >= 0.3 is 6.09 Å². The fourth-order valence-electron chi connectivity index (χ4n) is 1.97. The molecule has 1 fully saturated rings. The molecule has 1 aliphatic rings. The lowest BCUT2D eigenvalue weighted by Crippen LogP contribution is -2.47. The number of hydrogen-bond donors (Lipinski definition) is 2. The van der Waals surface area contributed by atoms with Crippen molar-refractivity contribution < 1.29 is 23.9 Å². The van der Waals surface area contributed by atoms with Crippen molar-refractivity contribution in [1.82, 2.24) is 10.2 Å². The zero-order valence-corrected chi connectivity index (χ0v) is 13.4. The molecule has 0 aromatic rings. The van der Waals surface area contributed by atoms with Crippen molar-refractivity contribution in [3.63, 3.8) is 0 Å². The number of primary amides is 1. The number of hydrogen-bond acceptors (Lipinski definition) is 5. The minimum atomic E-state index is -0.931. The number of amides is 3. The van der Waals surface area contributed by atoms with Gasteiger partial charge in [0, 0.05) is 19.5 Å². The first kappa shape index (κ1) is 18.2. The number of carbonyl (C=O) groups excluding carboxylic acids is 3.